The average Bonchev–Trinajstić information content (AvgIpc) is 3.72. The maximum Gasteiger partial charge on any atom is 0.408 e. The van der Waals surface area contributed by atoms with Crippen molar-refractivity contribution in [1.82, 2.24) is 10.2 Å². The Morgan fingerprint density at radius 3 is 2.23 bits per heavy atom. The van der Waals surface area contributed by atoms with Gasteiger partial charge >= 0.3 is 6.09 Å². The lowest BCUT2D eigenvalue weighted by Gasteiger charge is -2.35. The van der Waals surface area contributed by atoms with Crippen molar-refractivity contribution in [3.8, 4) is 0 Å². The molecule has 3 amide bonds. The first-order valence-corrected chi connectivity index (χ1v) is 13.8. The Bertz CT molecular complexity index is 1350. The molecule has 1 aliphatic rings. The fraction of sp³-hybridized carbons (Fsp3) is 0.364. The fourth-order valence-corrected chi connectivity index (χ4v) is 4.74. The summed E-state index contributed by atoms with van der Waals surface area (Å²) in [6.07, 6.45) is 1.17. The topological polar surface area (TPSA) is 87.7 Å². The highest BCUT2D eigenvalue weighted by Gasteiger charge is 2.44. The summed E-state index contributed by atoms with van der Waals surface area (Å²) in [5.74, 6) is -0.612. The molecule has 40 heavy (non-hydrogen) atoms. The van der Waals surface area contributed by atoms with E-state index in [1.807, 2.05) is 92.7 Å². The molecule has 7 nitrogen and oxygen atoms in total. The zero-order valence-corrected chi connectivity index (χ0v) is 23.9. The Hall–Kier alpha value is -4.13. The predicted octanol–water partition coefficient (Wildman–Crippen LogP) is 6.11. The second-order valence-corrected chi connectivity index (χ2v) is 11.5. The molecule has 0 aliphatic heterocycles. The predicted molar refractivity (Wildman–Crippen MR) is 157 cm³/mol. The fourth-order valence-electron chi connectivity index (χ4n) is 4.74. The van der Waals surface area contributed by atoms with Gasteiger partial charge in [0.1, 0.15) is 17.7 Å². The van der Waals surface area contributed by atoms with Crippen LogP contribution in [0, 0.1) is 13.8 Å². The van der Waals surface area contributed by atoms with Gasteiger partial charge in [0, 0.05) is 18.2 Å². The number of anilines is 1. The molecule has 0 heterocycles. The SMILES string of the molecule is Cc1cccc(C(C(=O)Nc2ccccc2C)N(C(=O)C(Cc2ccccc2)NC(=O)OC(C)(C)C)C2CC2)c1. The van der Waals surface area contributed by atoms with E-state index < -0.39 is 23.8 Å². The van der Waals surface area contributed by atoms with E-state index in [9.17, 15) is 14.4 Å². The van der Waals surface area contributed by atoms with Crippen molar-refractivity contribution in [2.24, 2.45) is 0 Å². The molecular formula is C33H39N3O4. The van der Waals surface area contributed by atoms with Crippen molar-refractivity contribution in [2.45, 2.75) is 77.6 Å². The molecule has 210 valence electrons. The first-order chi connectivity index (χ1) is 19.0. The molecule has 7 heteroatoms. The summed E-state index contributed by atoms with van der Waals surface area (Å²) in [6.45, 7) is 9.23. The molecule has 1 aliphatic carbocycles. The van der Waals surface area contributed by atoms with Crippen LogP contribution in [0.5, 0.6) is 0 Å². The Morgan fingerprint density at radius 2 is 1.60 bits per heavy atom. The molecule has 0 bridgehead atoms. The van der Waals surface area contributed by atoms with Crippen molar-refractivity contribution in [3.05, 3.63) is 101 Å². The number of hydrogen-bond donors (Lipinski definition) is 2. The zero-order valence-electron chi connectivity index (χ0n) is 23.9. The Balaban J connectivity index is 1.72. The summed E-state index contributed by atoms with van der Waals surface area (Å²) in [6, 6.07) is 22.9. The molecule has 3 aromatic rings. The van der Waals surface area contributed by atoms with E-state index in [2.05, 4.69) is 10.6 Å². The highest BCUT2D eigenvalue weighted by atomic mass is 16.6. The zero-order chi connectivity index (χ0) is 28.9. The third kappa shape index (κ3) is 7.72. The highest BCUT2D eigenvalue weighted by molar-refractivity contribution is 5.99. The second kappa shape index (κ2) is 12.4. The Morgan fingerprint density at radius 1 is 0.925 bits per heavy atom. The van der Waals surface area contributed by atoms with Crippen LogP contribution >= 0.6 is 0 Å². The van der Waals surface area contributed by atoms with Gasteiger partial charge in [-0.25, -0.2) is 4.79 Å². The van der Waals surface area contributed by atoms with Gasteiger partial charge in [-0.15, -0.1) is 0 Å². The van der Waals surface area contributed by atoms with E-state index in [4.69, 9.17) is 4.74 Å². The van der Waals surface area contributed by atoms with Crippen LogP contribution in [-0.2, 0) is 20.7 Å². The lowest BCUT2D eigenvalue weighted by molar-refractivity contribution is -0.141. The molecule has 0 aromatic heterocycles. The van der Waals surface area contributed by atoms with Crippen LogP contribution in [-0.4, -0.2) is 40.5 Å². The number of amides is 3. The molecular weight excluding hydrogens is 502 g/mol. The average molecular weight is 542 g/mol. The summed E-state index contributed by atoms with van der Waals surface area (Å²) in [5.41, 5.74) is 3.50. The molecule has 1 saturated carbocycles. The number of carbonyl (C=O) groups excluding carboxylic acids is 3. The van der Waals surface area contributed by atoms with E-state index in [-0.39, 0.29) is 24.3 Å². The van der Waals surface area contributed by atoms with E-state index in [1.165, 1.54) is 0 Å². The van der Waals surface area contributed by atoms with E-state index in [0.717, 1.165) is 35.1 Å². The first kappa shape index (κ1) is 28.9. The lowest BCUT2D eigenvalue weighted by atomic mass is 9.98. The van der Waals surface area contributed by atoms with Crippen molar-refractivity contribution in [3.63, 3.8) is 0 Å². The monoisotopic (exact) mass is 541 g/mol. The number of ether oxygens (including phenoxy) is 1. The number of aryl methyl sites for hydroxylation is 2. The molecule has 2 N–H and O–H groups in total. The largest absolute Gasteiger partial charge is 0.444 e. The molecule has 0 radical (unpaired) electrons. The second-order valence-electron chi connectivity index (χ2n) is 11.5. The molecule has 1 fully saturated rings. The lowest BCUT2D eigenvalue weighted by Crippen LogP contribution is -2.54. The van der Waals surface area contributed by atoms with Crippen LogP contribution < -0.4 is 10.6 Å². The number of carbonyl (C=O) groups is 3. The van der Waals surface area contributed by atoms with Crippen LogP contribution in [0.1, 0.15) is 61.9 Å². The van der Waals surface area contributed by atoms with Gasteiger partial charge in [0.05, 0.1) is 0 Å². The quantitative estimate of drug-likeness (QED) is 0.342. The van der Waals surface area contributed by atoms with Gasteiger partial charge in [0.15, 0.2) is 0 Å². The maximum atomic E-state index is 14.4. The summed E-state index contributed by atoms with van der Waals surface area (Å²) < 4.78 is 5.51. The van der Waals surface area contributed by atoms with Gasteiger partial charge in [-0.2, -0.15) is 0 Å². The van der Waals surface area contributed by atoms with Gasteiger partial charge in [-0.1, -0.05) is 78.4 Å². The minimum absolute atomic E-state index is 0.112. The molecule has 0 spiro atoms. The summed E-state index contributed by atoms with van der Waals surface area (Å²) in [7, 11) is 0. The summed E-state index contributed by atoms with van der Waals surface area (Å²) in [4.78, 5) is 43.0. The Labute approximate surface area is 236 Å². The van der Waals surface area contributed by atoms with E-state index >= 15 is 0 Å². The van der Waals surface area contributed by atoms with Crippen LogP contribution in [0.2, 0.25) is 0 Å². The Kier molecular flexibility index (Phi) is 8.93. The van der Waals surface area contributed by atoms with Gasteiger partial charge < -0.3 is 20.3 Å². The minimum atomic E-state index is -0.920. The standard InChI is InChI=1S/C33H39N3O4/c1-22-12-11-16-25(20-22)29(30(37)34-27-17-10-9-13-23(27)2)36(26-18-19-26)31(38)28(21-24-14-7-6-8-15-24)35-32(39)40-33(3,4)5/h6-17,20,26,28-29H,18-19,21H2,1-5H3,(H,34,37)(H,35,39). The van der Waals surface area contributed by atoms with Crippen LogP contribution in [0.25, 0.3) is 0 Å². The van der Waals surface area contributed by atoms with Crippen LogP contribution in [0.15, 0.2) is 78.9 Å². The number of para-hydroxylation sites is 1. The van der Waals surface area contributed by atoms with Crippen molar-refractivity contribution >= 4 is 23.6 Å². The van der Waals surface area contributed by atoms with Crippen molar-refractivity contribution in [2.75, 3.05) is 5.32 Å². The van der Waals surface area contributed by atoms with Crippen molar-refractivity contribution in [1.29, 1.82) is 0 Å². The number of alkyl carbamates (subject to hydrolysis) is 1. The highest BCUT2D eigenvalue weighted by Crippen LogP contribution is 2.36. The third-order valence-corrected chi connectivity index (χ3v) is 6.75. The molecule has 4 rings (SSSR count). The molecule has 2 atom stereocenters. The maximum absolute atomic E-state index is 14.4. The van der Waals surface area contributed by atoms with Crippen LogP contribution in [0.3, 0.4) is 0 Å². The van der Waals surface area contributed by atoms with Gasteiger partial charge in [-0.05, 0) is 70.2 Å². The van der Waals surface area contributed by atoms with Crippen molar-refractivity contribution < 1.29 is 19.1 Å². The smallest absolute Gasteiger partial charge is 0.408 e. The normalized spacial score (nSPS) is 14.5. The van der Waals surface area contributed by atoms with Gasteiger partial charge in [-0.3, -0.25) is 9.59 Å². The number of hydrogen-bond acceptors (Lipinski definition) is 4. The third-order valence-electron chi connectivity index (χ3n) is 6.75. The van der Waals surface area contributed by atoms with Gasteiger partial charge in [0.25, 0.3) is 5.91 Å². The molecule has 3 aromatic carbocycles. The first-order valence-electron chi connectivity index (χ1n) is 13.8. The number of rotatable bonds is 9. The van der Waals surface area contributed by atoms with Gasteiger partial charge in [0.2, 0.25) is 5.91 Å². The van der Waals surface area contributed by atoms with E-state index in [1.54, 1.807) is 25.7 Å². The van der Waals surface area contributed by atoms with Crippen LogP contribution in [0.4, 0.5) is 10.5 Å². The number of benzene rings is 3. The van der Waals surface area contributed by atoms with E-state index in [0.29, 0.717) is 5.69 Å². The summed E-state index contributed by atoms with van der Waals surface area (Å²) >= 11 is 0. The number of nitrogens with zero attached hydrogens (tertiary/aromatic N) is 1. The number of nitrogens with one attached hydrogen (secondary N) is 2. The summed E-state index contributed by atoms with van der Waals surface area (Å²) in [5, 5.41) is 5.88. The minimum Gasteiger partial charge on any atom is -0.444 e. The molecule has 0 saturated heterocycles. The molecule has 2 unspecified atom stereocenters.